The summed E-state index contributed by atoms with van der Waals surface area (Å²) in [5.41, 5.74) is 0. The summed E-state index contributed by atoms with van der Waals surface area (Å²) < 4.78 is 60.8. The molecule has 0 aromatic rings. The van der Waals surface area contributed by atoms with E-state index in [9.17, 15) is 25.9 Å². The fourth-order valence-electron chi connectivity index (χ4n) is 2.79. The van der Waals surface area contributed by atoms with Gasteiger partial charge in [0.15, 0.2) is 0 Å². The molecule has 0 aliphatic heterocycles. The lowest BCUT2D eigenvalue weighted by molar-refractivity contribution is -0.921. The van der Waals surface area contributed by atoms with Crippen LogP contribution in [0.4, 0.5) is 0 Å². The van der Waals surface area contributed by atoms with Gasteiger partial charge >= 0.3 is 0 Å². The smallest absolute Gasteiger partial charge is 0.231 e. The molecule has 0 spiro atoms. The van der Waals surface area contributed by atoms with E-state index in [1.54, 1.807) is 0 Å². The van der Waals surface area contributed by atoms with E-state index in [2.05, 4.69) is 59.0 Å². The molecule has 0 aliphatic rings. The second-order valence-electron chi connectivity index (χ2n) is 6.10. The first-order chi connectivity index (χ1) is 12.2. The van der Waals surface area contributed by atoms with Crippen molar-refractivity contribution in [2.45, 2.75) is 55.4 Å². The highest BCUT2D eigenvalue weighted by molar-refractivity contribution is 7.94. The SMILES string of the molecule is CC[N+](CC)(CC)CC.CC[N+](CC)(CC)CC.O=S(=O)([O-])OS(=O)(=O)[O-]. The number of hydrogen-bond acceptors (Lipinski definition) is 7. The van der Waals surface area contributed by atoms with Crippen molar-refractivity contribution in [3.05, 3.63) is 0 Å². The average Bonchev–Trinajstić information content (AvgIpc) is 2.58. The van der Waals surface area contributed by atoms with E-state index in [1.807, 2.05) is 0 Å². The van der Waals surface area contributed by atoms with Crippen LogP contribution in [0, 0.1) is 0 Å². The van der Waals surface area contributed by atoms with Crippen molar-refractivity contribution in [3.8, 4) is 0 Å². The highest BCUT2D eigenvalue weighted by Gasteiger charge is 2.16. The van der Waals surface area contributed by atoms with Gasteiger partial charge in [-0.05, 0) is 55.4 Å². The van der Waals surface area contributed by atoms with Crippen molar-refractivity contribution >= 4 is 20.8 Å². The van der Waals surface area contributed by atoms with Gasteiger partial charge in [0.25, 0.3) is 0 Å². The predicted molar refractivity (Wildman–Crippen MR) is 105 cm³/mol. The number of hydrogen-bond donors (Lipinski definition) is 0. The quantitative estimate of drug-likeness (QED) is 0.290. The van der Waals surface area contributed by atoms with Gasteiger partial charge in [-0.25, -0.2) is 16.8 Å². The first-order valence-corrected chi connectivity index (χ1v) is 12.2. The lowest BCUT2D eigenvalue weighted by Gasteiger charge is -2.34. The molecule has 0 unspecified atom stereocenters. The summed E-state index contributed by atoms with van der Waals surface area (Å²) in [5, 5.41) is 0. The molecule has 0 N–H and O–H groups in total. The Kier molecular flexibility index (Phi) is 17.1. The second-order valence-corrected chi connectivity index (χ2v) is 8.27. The summed E-state index contributed by atoms with van der Waals surface area (Å²) in [6.45, 7) is 28.4. The molecule has 27 heavy (non-hydrogen) atoms. The van der Waals surface area contributed by atoms with Crippen molar-refractivity contribution in [3.63, 3.8) is 0 Å². The molecule has 0 radical (unpaired) electrons. The van der Waals surface area contributed by atoms with Gasteiger partial charge in [-0.3, -0.25) is 0 Å². The van der Waals surface area contributed by atoms with Crippen molar-refractivity contribution in [1.29, 1.82) is 0 Å². The van der Waals surface area contributed by atoms with Crippen molar-refractivity contribution < 1.29 is 38.5 Å². The van der Waals surface area contributed by atoms with Crippen LogP contribution in [0.15, 0.2) is 0 Å². The maximum atomic E-state index is 9.29. The van der Waals surface area contributed by atoms with Gasteiger partial charge < -0.3 is 18.1 Å². The third kappa shape index (κ3) is 16.4. The van der Waals surface area contributed by atoms with Crippen LogP contribution < -0.4 is 0 Å². The van der Waals surface area contributed by atoms with Gasteiger partial charge in [-0.15, -0.1) is 0 Å². The van der Waals surface area contributed by atoms with E-state index < -0.39 is 20.8 Å². The number of nitrogens with zero attached hydrogens (tertiary/aromatic N) is 2. The molecule has 9 nitrogen and oxygen atoms in total. The molecule has 0 amide bonds. The third-order valence-electron chi connectivity index (χ3n) is 5.53. The van der Waals surface area contributed by atoms with E-state index >= 15 is 0 Å². The van der Waals surface area contributed by atoms with Gasteiger partial charge in [-0.1, -0.05) is 0 Å². The Morgan fingerprint density at radius 2 is 0.667 bits per heavy atom. The molecule has 0 bridgehead atoms. The normalized spacial score (nSPS) is 12.5. The first-order valence-electron chi connectivity index (χ1n) is 9.52. The first kappa shape index (κ1) is 31.4. The number of quaternary nitrogens is 2. The van der Waals surface area contributed by atoms with E-state index in [4.69, 9.17) is 0 Å². The largest absolute Gasteiger partial charge is 0.725 e. The van der Waals surface area contributed by atoms with Crippen LogP contribution in [0.1, 0.15) is 55.4 Å². The zero-order chi connectivity index (χ0) is 22.4. The maximum Gasteiger partial charge on any atom is 0.231 e. The maximum absolute atomic E-state index is 9.29. The van der Waals surface area contributed by atoms with Gasteiger partial charge in [0.1, 0.15) is 0 Å². The fraction of sp³-hybridized carbons (Fsp3) is 1.00. The molecule has 0 saturated carbocycles. The molecule has 168 valence electrons. The molecule has 0 saturated heterocycles. The molecule has 11 heteroatoms. The molecule has 0 aliphatic carbocycles. The zero-order valence-corrected chi connectivity index (χ0v) is 19.9. The minimum atomic E-state index is -5.43. The monoisotopic (exact) mass is 436 g/mol. The highest BCUT2D eigenvalue weighted by Crippen LogP contribution is 2.04. The van der Waals surface area contributed by atoms with Crippen LogP contribution in [0.5, 0.6) is 0 Å². The summed E-state index contributed by atoms with van der Waals surface area (Å²) in [6, 6.07) is 0. The Morgan fingerprint density at radius 1 is 0.519 bits per heavy atom. The molecule has 0 atom stereocenters. The Bertz CT molecular complexity index is 470. The average molecular weight is 437 g/mol. The predicted octanol–water partition coefficient (Wildman–Crippen LogP) is 1.69. The van der Waals surface area contributed by atoms with Gasteiger partial charge in [0.05, 0.1) is 52.4 Å². The highest BCUT2D eigenvalue weighted by atomic mass is 32.3. The van der Waals surface area contributed by atoms with E-state index in [0.717, 1.165) is 0 Å². The Labute approximate surface area is 167 Å². The van der Waals surface area contributed by atoms with Crippen LogP contribution in [0.2, 0.25) is 0 Å². The minimum Gasteiger partial charge on any atom is -0.725 e. The molecule has 0 aromatic heterocycles. The Hall–Kier alpha value is -0.300. The minimum absolute atomic E-state index is 1.28. The second kappa shape index (κ2) is 14.7. The van der Waals surface area contributed by atoms with E-state index in [0.29, 0.717) is 0 Å². The lowest BCUT2D eigenvalue weighted by Crippen LogP contribution is -2.47. The summed E-state index contributed by atoms with van der Waals surface area (Å²) >= 11 is 0. The Balaban J connectivity index is -0.000000320. The van der Waals surface area contributed by atoms with Crippen LogP contribution in [-0.4, -0.2) is 87.3 Å². The topological polar surface area (TPSA) is 124 Å². The van der Waals surface area contributed by atoms with Crippen molar-refractivity contribution in [2.24, 2.45) is 0 Å². The Morgan fingerprint density at radius 3 is 0.667 bits per heavy atom. The number of rotatable bonds is 10. The summed E-state index contributed by atoms with van der Waals surface area (Å²) in [7, 11) is -10.9. The molecule has 0 fully saturated rings. The van der Waals surface area contributed by atoms with Crippen LogP contribution in [0.3, 0.4) is 0 Å². The van der Waals surface area contributed by atoms with E-state index in [1.165, 1.54) is 61.3 Å². The summed E-state index contributed by atoms with van der Waals surface area (Å²) in [4.78, 5) is 0. The zero-order valence-electron chi connectivity index (χ0n) is 18.2. The van der Waals surface area contributed by atoms with E-state index in [-0.39, 0.29) is 0 Å². The molecular weight excluding hydrogens is 396 g/mol. The molecule has 0 aromatic carbocycles. The van der Waals surface area contributed by atoms with Crippen LogP contribution in [-0.2, 0) is 24.4 Å². The van der Waals surface area contributed by atoms with Crippen LogP contribution >= 0.6 is 0 Å². The molecular formula is C16H40N2O7S2. The summed E-state index contributed by atoms with van der Waals surface area (Å²) in [5.74, 6) is 0. The van der Waals surface area contributed by atoms with Crippen molar-refractivity contribution in [2.75, 3.05) is 52.4 Å². The molecule has 0 heterocycles. The third-order valence-corrected chi connectivity index (χ3v) is 6.87. The molecule has 0 rings (SSSR count). The fourth-order valence-corrected chi connectivity index (χ4v) is 3.60. The van der Waals surface area contributed by atoms with Gasteiger partial charge in [-0.2, -0.15) is 3.63 Å². The summed E-state index contributed by atoms with van der Waals surface area (Å²) in [6.07, 6.45) is 0. The van der Waals surface area contributed by atoms with Crippen molar-refractivity contribution in [1.82, 2.24) is 0 Å². The lowest BCUT2D eigenvalue weighted by atomic mass is 10.3. The standard InChI is InChI=1S/2C8H20N.H2O7S2/c2*1-5-9(6-2,7-3)8-4;1-8(2,3)7-9(4,5)6/h2*5-8H2,1-4H3;(H,1,2,3)(H,4,5,6)/q2*+1;/p-2. The van der Waals surface area contributed by atoms with Crippen LogP contribution in [0.25, 0.3) is 0 Å². The van der Waals surface area contributed by atoms with Gasteiger partial charge in [0, 0.05) is 0 Å². The van der Waals surface area contributed by atoms with Gasteiger partial charge in [0.2, 0.25) is 20.8 Å².